The van der Waals surface area contributed by atoms with Crippen LogP contribution in [0.25, 0.3) is 0 Å². The molecule has 0 aliphatic carbocycles. The van der Waals surface area contributed by atoms with Crippen molar-refractivity contribution in [1.82, 2.24) is 4.98 Å². The van der Waals surface area contributed by atoms with Crippen molar-refractivity contribution in [3.8, 4) is 0 Å². The highest BCUT2D eigenvalue weighted by molar-refractivity contribution is 14.1. The minimum atomic E-state index is -3.78. The molecule has 0 atom stereocenters. The van der Waals surface area contributed by atoms with E-state index in [1.807, 2.05) is 22.6 Å². The second-order valence-electron chi connectivity index (χ2n) is 1.87. The van der Waals surface area contributed by atoms with Gasteiger partial charge in [-0.15, -0.1) is 0 Å². The number of rotatable bonds is 1. The number of hydrogen-bond acceptors (Lipinski definition) is 3. The minimum absolute atomic E-state index is 0.112. The smallest absolute Gasteiger partial charge is 0.262 e. The van der Waals surface area contributed by atoms with Gasteiger partial charge in [-0.05, 0) is 22.6 Å². The Morgan fingerprint density at radius 3 is 2.42 bits per heavy atom. The molecule has 0 spiro atoms. The SMILES string of the molecule is O=S(=O)(Cl)c1cncc(I)c1Cl. The monoisotopic (exact) mass is 337 g/mol. The molecule has 3 nitrogen and oxygen atoms in total. The predicted molar refractivity (Wildman–Crippen MR) is 55.0 cm³/mol. The van der Waals surface area contributed by atoms with Crippen LogP contribution < -0.4 is 0 Å². The van der Waals surface area contributed by atoms with Gasteiger partial charge in [-0.1, -0.05) is 11.6 Å². The van der Waals surface area contributed by atoms with Gasteiger partial charge in [0.2, 0.25) is 0 Å². The van der Waals surface area contributed by atoms with E-state index in [9.17, 15) is 8.42 Å². The van der Waals surface area contributed by atoms with E-state index in [-0.39, 0.29) is 9.92 Å². The summed E-state index contributed by atoms with van der Waals surface area (Å²) in [5, 5.41) is 0.112. The Morgan fingerprint density at radius 2 is 2.00 bits per heavy atom. The molecule has 0 N–H and O–H groups in total. The highest BCUT2D eigenvalue weighted by Crippen LogP contribution is 2.27. The number of aromatic nitrogens is 1. The quantitative estimate of drug-likeness (QED) is 0.583. The number of hydrogen-bond donors (Lipinski definition) is 0. The second-order valence-corrected chi connectivity index (χ2v) is 5.95. The lowest BCUT2D eigenvalue weighted by molar-refractivity contribution is 0.609. The van der Waals surface area contributed by atoms with E-state index < -0.39 is 9.05 Å². The van der Waals surface area contributed by atoms with Gasteiger partial charge in [0.05, 0.1) is 8.59 Å². The van der Waals surface area contributed by atoms with Gasteiger partial charge in [0.15, 0.2) is 0 Å². The zero-order valence-corrected chi connectivity index (χ0v) is 9.95. The van der Waals surface area contributed by atoms with Crippen molar-refractivity contribution >= 4 is 53.9 Å². The predicted octanol–water partition coefficient (Wildman–Crippen LogP) is 2.27. The Bertz CT molecular complexity index is 406. The summed E-state index contributed by atoms with van der Waals surface area (Å²) < 4.78 is 22.2. The Hall–Kier alpha value is 0.410. The summed E-state index contributed by atoms with van der Waals surface area (Å²) >= 11 is 7.54. The molecule has 0 saturated heterocycles. The lowest BCUT2D eigenvalue weighted by atomic mass is 10.5. The first-order valence-electron chi connectivity index (χ1n) is 2.66. The van der Waals surface area contributed by atoms with Crippen LogP contribution in [0, 0.1) is 3.57 Å². The van der Waals surface area contributed by atoms with Crippen molar-refractivity contribution in [2.45, 2.75) is 4.90 Å². The summed E-state index contributed by atoms with van der Waals surface area (Å²) in [4.78, 5) is 3.50. The lowest BCUT2D eigenvalue weighted by Gasteiger charge is -1.99. The van der Waals surface area contributed by atoms with Crippen molar-refractivity contribution < 1.29 is 8.42 Å². The third-order valence-corrected chi connectivity index (χ3v) is 4.06. The molecule has 0 fully saturated rings. The fraction of sp³-hybridized carbons (Fsp3) is 0. The van der Waals surface area contributed by atoms with E-state index in [1.54, 1.807) is 0 Å². The molecule has 0 unspecified atom stereocenters. The van der Waals surface area contributed by atoms with Crippen molar-refractivity contribution in [2.24, 2.45) is 0 Å². The summed E-state index contributed by atoms with van der Waals surface area (Å²) in [6.45, 7) is 0. The molecule has 0 amide bonds. The van der Waals surface area contributed by atoms with Crippen molar-refractivity contribution in [3.63, 3.8) is 0 Å². The Labute approximate surface area is 92.6 Å². The normalized spacial score (nSPS) is 11.6. The fourth-order valence-electron chi connectivity index (χ4n) is 0.571. The number of halogens is 3. The maximum Gasteiger partial charge on any atom is 0.264 e. The zero-order chi connectivity index (χ0) is 9.35. The molecule has 1 aromatic rings. The van der Waals surface area contributed by atoms with Gasteiger partial charge in [0, 0.05) is 23.1 Å². The van der Waals surface area contributed by atoms with Crippen LogP contribution in [0.5, 0.6) is 0 Å². The topological polar surface area (TPSA) is 47.0 Å². The van der Waals surface area contributed by atoms with Crippen LogP contribution in [-0.2, 0) is 9.05 Å². The van der Waals surface area contributed by atoms with Gasteiger partial charge in [0.25, 0.3) is 9.05 Å². The molecule has 66 valence electrons. The molecule has 1 heterocycles. The number of nitrogens with zero attached hydrogens (tertiary/aromatic N) is 1. The van der Waals surface area contributed by atoms with E-state index in [2.05, 4.69) is 4.98 Å². The highest BCUT2D eigenvalue weighted by atomic mass is 127. The molecule has 12 heavy (non-hydrogen) atoms. The van der Waals surface area contributed by atoms with Gasteiger partial charge in [-0.3, -0.25) is 4.98 Å². The first kappa shape index (κ1) is 10.5. The van der Waals surface area contributed by atoms with Gasteiger partial charge in [-0.25, -0.2) is 8.42 Å². The maximum absolute atomic E-state index is 10.8. The second kappa shape index (κ2) is 3.65. The average Bonchev–Trinajstić information content (AvgIpc) is 1.92. The summed E-state index contributed by atoms with van der Waals surface area (Å²) in [7, 11) is 1.30. The molecular weight excluding hydrogens is 336 g/mol. The van der Waals surface area contributed by atoms with Crippen LogP contribution in [0.2, 0.25) is 5.02 Å². The maximum atomic E-state index is 10.8. The molecule has 0 aliphatic rings. The first-order valence-corrected chi connectivity index (χ1v) is 6.43. The Kier molecular flexibility index (Phi) is 3.19. The molecule has 0 aliphatic heterocycles. The van der Waals surface area contributed by atoms with Gasteiger partial charge in [0.1, 0.15) is 4.90 Å². The van der Waals surface area contributed by atoms with E-state index in [4.69, 9.17) is 22.3 Å². The van der Waals surface area contributed by atoms with Crippen LogP contribution in [0.1, 0.15) is 0 Å². The molecule has 0 aromatic carbocycles. The van der Waals surface area contributed by atoms with Gasteiger partial charge >= 0.3 is 0 Å². The Balaban J connectivity index is 3.47. The average molecular weight is 338 g/mol. The third kappa shape index (κ3) is 2.21. The Morgan fingerprint density at radius 1 is 1.42 bits per heavy atom. The van der Waals surface area contributed by atoms with E-state index >= 15 is 0 Å². The standard InChI is InChI=1S/C5H2Cl2INO2S/c6-5-3(8)1-9-2-4(5)12(7,10)11/h1-2H. The van der Waals surface area contributed by atoms with Crippen LogP contribution in [0.3, 0.4) is 0 Å². The van der Waals surface area contributed by atoms with E-state index in [0.717, 1.165) is 6.20 Å². The molecule has 0 bridgehead atoms. The third-order valence-electron chi connectivity index (χ3n) is 1.07. The molecule has 0 radical (unpaired) electrons. The summed E-state index contributed by atoms with van der Waals surface area (Å²) in [6.07, 6.45) is 2.57. The van der Waals surface area contributed by atoms with E-state index in [1.165, 1.54) is 6.20 Å². The summed E-state index contributed by atoms with van der Waals surface area (Å²) in [5.41, 5.74) is 0. The van der Waals surface area contributed by atoms with Crippen molar-refractivity contribution in [2.75, 3.05) is 0 Å². The fourth-order valence-corrected chi connectivity index (χ4v) is 2.59. The van der Waals surface area contributed by atoms with Crippen LogP contribution >= 0.6 is 44.9 Å². The summed E-state index contributed by atoms with van der Waals surface area (Å²) in [5.74, 6) is 0. The lowest BCUT2D eigenvalue weighted by Crippen LogP contribution is -1.94. The van der Waals surface area contributed by atoms with Crippen LogP contribution in [-0.4, -0.2) is 13.4 Å². The highest BCUT2D eigenvalue weighted by Gasteiger charge is 2.16. The molecule has 1 aromatic heterocycles. The molecule has 0 saturated carbocycles. The van der Waals surface area contributed by atoms with Gasteiger partial charge in [-0.2, -0.15) is 0 Å². The molecule has 1 rings (SSSR count). The zero-order valence-electron chi connectivity index (χ0n) is 5.46. The summed E-state index contributed by atoms with van der Waals surface area (Å²) in [6, 6.07) is 0. The van der Waals surface area contributed by atoms with E-state index in [0.29, 0.717) is 3.57 Å². The van der Waals surface area contributed by atoms with Crippen LogP contribution in [0.15, 0.2) is 17.3 Å². The van der Waals surface area contributed by atoms with Crippen molar-refractivity contribution in [1.29, 1.82) is 0 Å². The molecular formula is C5H2Cl2INO2S. The molecule has 7 heteroatoms. The largest absolute Gasteiger partial charge is 0.264 e. The minimum Gasteiger partial charge on any atom is -0.262 e. The van der Waals surface area contributed by atoms with Gasteiger partial charge < -0.3 is 0 Å². The first-order chi connectivity index (χ1) is 5.43. The van der Waals surface area contributed by atoms with Crippen molar-refractivity contribution in [3.05, 3.63) is 21.0 Å². The number of pyridine rings is 1. The van der Waals surface area contributed by atoms with Crippen LogP contribution in [0.4, 0.5) is 0 Å².